The van der Waals surface area contributed by atoms with Crippen molar-refractivity contribution in [1.29, 1.82) is 5.26 Å². The van der Waals surface area contributed by atoms with E-state index in [2.05, 4.69) is 4.98 Å². The number of nitriles is 1. The van der Waals surface area contributed by atoms with Gasteiger partial charge in [-0.3, -0.25) is 0 Å². The fourth-order valence-electron chi connectivity index (χ4n) is 0.976. The third-order valence-electron chi connectivity index (χ3n) is 1.64. The van der Waals surface area contributed by atoms with Gasteiger partial charge in [0.25, 0.3) is 6.43 Å². The Morgan fingerprint density at radius 3 is 2.31 bits per heavy atom. The molecule has 2 nitrogen and oxygen atoms in total. The van der Waals surface area contributed by atoms with Gasteiger partial charge in [-0.15, -0.1) is 0 Å². The van der Waals surface area contributed by atoms with E-state index < -0.39 is 34.6 Å². The lowest BCUT2D eigenvalue weighted by Gasteiger charge is -2.12. The molecule has 16 heavy (non-hydrogen) atoms. The molecule has 0 N–H and O–H groups in total. The van der Waals surface area contributed by atoms with Gasteiger partial charge in [0.1, 0.15) is 16.9 Å². The maximum Gasteiger partial charge on any atom is 0.418 e. The molecule has 0 amide bonds. The zero-order valence-corrected chi connectivity index (χ0v) is 8.07. The highest BCUT2D eigenvalue weighted by molar-refractivity contribution is 6.30. The van der Waals surface area contributed by atoms with Gasteiger partial charge in [-0.25, -0.2) is 13.8 Å². The van der Waals surface area contributed by atoms with E-state index in [0.29, 0.717) is 0 Å². The molecular weight excluding hydrogens is 255 g/mol. The SMILES string of the molecule is N#Cc1cc(C(F)(F)F)c(C(F)F)nc1Cl. The van der Waals surface area contributed by atoms with Crippen LogP contribution in [0, 0.1) is 11.3 Å². The van der Waals surface area contributed by atoms with Crippen LogP contribution in [0.2, 0.25) is 5.15 Å². The van der Waals surface area contributed by atoms with Gasteiger partial charge in [0.05, 0.1) is 11.1 Å². The summed E-state index contributed by atoms with van der Waals surface area (Å²) in [6.45, 7) is 0. The van der Waals surface area contributed by atoms with E-state index in [4.69, 9.17) is 16.9 Å². The topological polar surface area (TPSA) is 36.7 Å². The average Bonchev–Trinajstić information content (AvgIpc) is 2.15. The molecule has 0 aliphatic heterocycles. The lowest BCUT2D eigenvalue weighted by Crippen LogP contribution is -2.12. The minimum Gasteiger partial charge on any atom is -0.233 e. The first-order chi connectivity index (χ1) is 7.27. The van der Waals surface area contributed by atoms with Crippen molar-refractivity contribution in [3.05, 3.63) is 28.0 Å². The van der Waals surface area contributed by atoms with Crippen molar-refractivity contribution in [3.8, 4) is 6.07 Å². The van der Waals surface area contributed by atoms with Crippen LogP contribution in [0.1, 0.15) is 23.2 Å². The number of alkyl halides is 5. The predicted octanol–water partition coefficient (Wildman–Crippen LogP) is 3.56. The van der Waals surface area contributed by atoms with Crippen LogP contribution in [0.4, 0.5) is 22.0 Å². The van der Waals surface area contributed by atoms with Crippen LogP contribution < -0.4 is 0 Å². The maximum atomic E-state index is 12.3. The van der Waals surface area contributed by atoms with Crippen LogP contribution in [0.25, 0.3) is 0 Å². The van der Waals surface area contributed by atoms with E-state index in [1.54, 1.807) is 0 Å². The van der Waals surface area contributed by atoms with Gasteiger partial charge in [-0.2, -0.15) is 18.4 Å². The highest BCUT2D eigenvalue weighted by atomic mass is 35.5. The van der Waals surface area contributed by atoms with Gasteiger partial charge >= 0.3 is 6.18 Å². The number of hydrogen-bond donors (Lipinski definition) is 0. The molecule has 1 rings (SSSR count). The summed E-state index contributed by atoms with van der Waals surface area (Å²) in [6.07, 6.45) is -8.42. The van der Waals surface area contributed by atoms with Crippen LogP contribution in [0.5, 0.6) is 0 Å². The average molecular weight is 257 g/mol. The van der Waals surface area contributed by atoms with E-state index in [0.717, 1.165) is 0 Å². The van der Waals surface area contributed by atoms with Crippen molar-refractivity contribution in [3.63, 3.8) is 0 Å². The van der Waals surface area contributed by atoms with Crippen molar-refractivity contribution in [2.45, 2.75) is 12.6 Å². The molecule has 0 aliphatic rings. The number of hydrogen-bond acceptors (Lipinski definition) is 2. The molecule has 1 aromatic heterocycles. The summed E-state index contributed by atoms with van der Waals surface area (Å²) in [7, 11) is 0. The van der Waals surface area contributed by atoms with Crippen LogP contribution in [-0.2, 0) is 6.18 Å². The summed E-state index contributed by atoms with van der Waals surface area (Å²) in [4.78, 5) is 2.88. The molecule has 86 valence electrons. The van der Waals surface area contributed by atoms with E-state index >= 15 is 0 Å². The number of nitrogens with zero attached hydrogens (tertiary/aromatic N) is 2. The molecule has 0 fully saturated rings. The van der Waals surface area contributed by atoms with Gasteiger partial charge in [-0.1, -0.05) is 11.6 Å². The van der Waals surface area contributed by atoms with E-state index in [-0.39, 0.29) is 6.07 Å². The Kier molecular flexibility index (Phi) is 3.33. The molecule has 0 aliphatic carbocycles. The summed E-state index contributed by atoms with van der Waals surface area (Å²) in [5.74, 6) is 0. The lowest BCUT2D eigenvalue weighted by atomic mass is 10.1. The minimum absolute atomic E-state index is 0.261. The van der Waals surface area contributed by atoms with Crippen molar-refractivity contribution >= 4 is 11.6 Å². The zero-order valence-electron chi connectivity index (χ0n) is 7.32. The minimum atomic E-state index is -5.01. The molecule has 1 aromatic rings. The van der Waals surface area contributed by atoms with Gasteiger partial charge in [-0.05, 0) is 6.07 Å². The Morgan fingerprint density at radius 1 is 1.38 bits per heavy atom. The second kappa shape index (κ2) is 4.22. The summed E-state index contributed by atoms with van der Waals surface area (Å²) in [6, 6.07) is 1.60. The van der Waals surface area contributed by atoms with Gasteiger partial charge in [0.15, 0.2) is 0 Å². The van der Waals surface area contributed by atoms with E-state index in [1.807, 2.05) is 0 Å². The number of halogens is 6. The smallest absolute Gasteiger partial charge is 0.233 e. The fourth-order valence-corrected chi connectivity index (χ4v) is 1.16. The predicted molar refractivity (Wildman–Crippen MR) is 43.9 cm³/mol. The van der Waals surface area contributed by atoms with Gasteiger partial charge in [0.2, 0.25) is 0 Å². The summed E-state index contributed by atoms with van der Waals surface area (Å²) in [5, 5.41) is 7.73. The first kappa shape index (κ1) is 12.6. The molecule has 0 saturated carbocycles. The van der Waals surface area contributed by atoms with Gasteiger partial charge < -0.3 is 0 Å². The highest BCUT2D eigenvalue weighted by Crippen LogP contribution is 2.37. The summed E-state index contributed by atoms with van der Waals surface area (Å²) < 4.78 is 61.5. The van der Waals surface area contributed by atoms with Gasteiger partial charge in [0, 0.05) is 0 Å². The molecule has 0 saturated heterocycles. The Bertz CT molecular complexity index is 449. The van der Waals surface area contributed by atoms with Crippen molar-refractivity contribution in [2.24, 2.45) is 0 Å². The molecule has 0 aromatic carbocycles. The Hall–Kier alpha value is -1.42. The lowest BCUT2D eigenvalue weighted by molar-refractivity contribution is -0.139. The number of pyridine rings is 1. The van der Waals surface area contributed by atoms with Crippen LogP contribution in [0.15, 0.2) is 6.07 Å². The van der Waals surface area contributed by atoms with Crippen molar-refractivity contribution < 1.29 is 22.0 Å². The molecule has 0 radical (unpaired) electrons. The standard InChI is InChI=1S/C8H2ClF5N2/c9-6-3(2-15)1-4(8(12,13)14)5(16-6)7(10)11/h1,7H. The van der Waals surface area contributed by atoms with Crippen molar-refractivity contribution in [2.75, 3.05) is 0 Å². The van der Waals surface area contributed by atoms with Crippen LogP contribution in [-0.4, -0.2) is 4.98 Å². The second-order valence-electron chi connectivity index (χ2n) is 2.67. The van der Waals surface area contributed by atoms with E-state index in [9.17, 15) is 22.0 Å². The normalized spacial score (nSPS) is 11.6. The molecular formula is C8H2ClF5N2. The second-order valence-corrected chi connectivity index (χ2v) is 3.03. The molecule has 0 spiro atoms. The Balaban J connectivity index is 3.51. The van der Waals surface area contributed by atoms with E-state index in [1.165, 1.54) is 6.07 Å². The first-order valence-electron chi connectivity index (χ1n) is 3.73. The molecule has 0 bridgehead atoms. The number of rotatable bonds is 1. The fraction of sp³-hybridized carbons (Fsp3) is 0.250. The molecule has 8 heteroatoms. The Morgan fingerprint density at radius 2 is 1.94 bits per heavy atom. The third-order valence-corrected chi connectivity index (χ3v) is 1.93. The third kappa shape index (κ3) is 2.39. The van der Waals surface area contributed by atoms with Crippen LogP contribution in [0.3, 0.4) is 0 Å². The molecule has 0 atom stereocenters. The zero-order chi connectivity index (χ0) is 12.5. The highest BCUT2D eigenvalue weighted by Gasteiger charge is 2.37. The number of aromatic nitrogens is 1. The molecule has 0 unspecified atom stereocenters. The molecule has 1 heterocycles. The summed E-state index contributed by atoms with van der Waals surface area (Å²) >= 11 is 5.26. The van der Waals surface area contributed by atoms with Crippen molar-refractivity contribution in [1.82, 2.24) is 4.98 Å². The Labute approximate surface area is 91.3 Å². The quantitative estimate of drug-likeness (QED) is 0.569. The largest absolute Gasteiger partial charge is 0.418 e. The van der Waals surface area contributed by atoms with Crippen LogP contribution >= 0.6 is 11.6 Å². The monoisotopic (exact) mass is 256 g/mol. The first-order valence-corrected chi connectivity index (χ1v) is 4.11. The summed E-state index contributed by atoms with van der Waals surface area (Å²) in [5.41, 5.74) is -3.72. The maximum absolute atomic E-state index is 12.3.